The van der Waals surface area contributed by atoms with Crippen molar-refractivity contribution >= 4 is 12.2 Å². The summed E-state index contributed by atoms with van der Waals surface area (Å²) in [4.78, 5) is 28.2. The molecule has 1 amide bonds. The minimum atomic E-state index is -0.161. The molecule has 3 unspecified atom stereocenters. The van der Waals surface area contributed by atoms with Gasteiger partial charge in [0.25, 0.3) is 5.91 Å². The van der Waals surface area contributed by atoms with Gasteiger partial charge >= 0.3 is 0 Å². The summed E-state index contributed by atoms with van der Waals surface area (Å²) in [6, 6.07) is 6.87. The van der Waals surface area contributed by atoms with E-state index in [4.69, 9.17) is 0 Å². The molecule has 1 saturated carbocycles. The van der Waals surface area contributed by atoms with Crippen LogP contribution in [0.4, 0.5) is 0 Å². The Morgan fingerprint density at radius 2 is 2.21 bits per heavy atom. The van der Waals surface area contributed by atoms with Crippen molar-refractivity contribution < 1.29 is 9.59 Å². The van der Waals surface area contributed by atoms with Gasteiger partial charge in [-0.1, -0.05) is 32.1 Å². The lowest BCUT2D eigenvalue weighted by Crippen LogP contribution is -2.39. The molecule has 0 spiro atoms. The molecule has 0 radical (unpaired) electrons. The van der Waals surface area contributed by atoms with Gasteiger partial charge in [0, 0.05) is 37.3 Å². The minimum Gasteiger partial charge on any atom is -0.390 e. The molecule has 1 aromatic rings. The van der Waals surface area contributed by atoms with Gasteiger partial charge < -0.3 is 19.9 Å². The van der Waals surface area contributed by atoms with Gasteiger partial charge in [0.15, 0.2) is 0 Å². The fraction of sp³-hybridized carbons (Fsp3) is 0.583. The Bertz CT molecular complexity index is 760. The van der Waals surface area contributed by atoms with Gasteiger partial charge in [-0.3, -0.25) is 4.79 Å². The lowest BCUT2D eigenvalue weighted by Gasteiger charge is -2.29. The predicted molar refractivity (Wildman–Crippen MR) is 117 cm³/mol. The number of carbonyl (C=O) groups is 2. The number of amides is 1. The van der Waals surface area contributed by atoms with Crippen LogP contribution in [0.1, 0.15) is 60.5 Å². The molecule has 0 bridgehead atoms. The fourth-order valence-corrected chi connectivity index (χ4v) is 5.06. The highest BCUT2D eigenvalue weighted by atomic mass is 16.2. The summed E-state index contributed by atoms with van der Waals surface area (Å²) >= 11 is 0. The van der Waals surface area contributed by atoms with E-state index in [-0.39, 0.29) is 11.9 Å². The number of nitrogens with zero attached hydrogens (tertiary/aromatic N) is 2. The van der Waals surface area contributed by atoms with Crippen LogP contribution in [0.3, 0.4) is 0 Å². The molecule has 2 aliphatic rings. The van der Waals surface area contributed by atoms with Crippen LogP contribution in [-0.2, 0) is 17.8 Å². The lowest BCUT2D eigenvalue weighted by molar-refractivity contribution is -0.108. The minimum absolute atomic E-state index is 0.0447. The molecule has 0 saturated heterocycles. The molecule has 3 rings (SSSR count). The summed E-state index contributed by atoms with van der Waals surface area (Å²) in [7, 11) is 4.05. The standard InChI is InChI=1S/C24H35N3O2/c1-5-26(4)23-9-6-8-19(23)14-18-11-12-21-20(15-18)16-27(24(21)29)22(10-7-13-28)17(2)25-3/h11-13,15,19,22-23,25H,2,5-10,14,16H2,1,3-4H3. The third-order valence-corrected chi connectivity index (χ3v) is 6.84. The Morgan fingerprint density at radius 1 is 1.41 bits per heavy atom. The Labute approximate surface area is 175 Å². The maximum absolute atomic E-state index is 13.0. The second-order valence-corrected chi connectivity index (χ2v) is 8.50. The van der Waals surface area contributed by atoms with Crippen molar-refractivity contribution in [2.75, 3.05) is 20.6 Å². The Kier molecular flexibility index (Phi) is 7.12. The quantitative estimate of drug-likeness (QED) is 0.615. The van der Waals surface area contributed by atoms with Gasteiger partial charge in [0.05, 0.1) is 6.04 Å². The molecule has 1 fully saturated rings. The molecule has 158 valence electrons. The zero-order chi connectivity index (χ0) is 21.0. The number of fused-ring (bicyclic) bond motifs is 1. The Morgan fingerprint density at radius 3 is 2.90 bits per heavy atom. The van der Waals surface area contributed by atoms with E-state index in [2.05, 4.69) is 42.9 Å². The van der Waals surface area contributed by atoms with Crippen LogP contribution in [0.2, 0.25) is 0 Å². The molecule has 1 N–H and O–H groups in total. The fourth-order valence-electron chi connectivity index (χ4n) is 5.06. The average Bonchev–Trinajstić information content (AvgIpc) is 3.32. The second kappa shape index (κ2) is 9.57. The summed E-state index contributed by atoms with van der Waals surface area (Å²) in [6.45, 7) is 7.97. The zero-order valence-electron chi connectivity index (χ0n) is 18.1. The number of hydrogen-bond acceptors (Lipinski definition) is 4. The highest BCUT2D eigenvalue weighted by molar-refractivity contribution is 5.98. The molecule has 1 heterocycles. The molecule has 0 aromatic heterocycles. The molecule has 29 heavy (non-hydrogen) atoms. The number of carbonyl (C=O) groups excluding carboxylic acids is 2. The third-order valence-electron chi connectivity index (χ3n) is 6.84. The molecule has 1 aromatic carbocycles. The van der Waals surface area contributed by atoms with Crippen LogP contribution in [-0.4, -0.2) is 54.7 Å². The first-order valence-corrected chi connectivity index (χ1v) is 10.9. The number of likely N-dealkylation sites (N-methyl/N-ethyl adjacent to an activating group) is 1. The molecular weight excluding hydrogens is 362 g/mol. The SMILES string of the molecule is C=C(NC)C(CCC=O)N1Cc2cc(CC3CCCC3N(C)CC)ccc2C1=O. The topological polar surface area (TPSA) is 52.7 Å². The number of nitrogens with one attached hydrogen (secondary N) is 1. The number of aldehydes is 1. The van der Waals surface area contributed by atoms with E-state index in [0.29, 0.717) is 31.3 Å². The summed E-state index contributed by atoms with van der Waals surface area (Å²) < 4.78 is 0. The average molecular weight is 398 g/mol. The zero-order valence-corrected chi connectivity index (χ0v) is 18.1. The first-order valence-electron chi connectivity index (χ1n) is 10.9. The Balaban J connectivity index is 1.75. The van der Waals surface area contributed by atoms with Crippen LogP contribution in [0.5, 0.6) is 0 Å². The molecule has 5 nitrogen and oxygen atoms in total. The molecule has 5 heteroatoms. The van der Waals surface area contributed by atoms with Crippen molar-refractivity contribution in [2.45, 2.75) is 64.1 Å². The van der Waals surface area contributed by atoms with Gasteiger partial charge in [-0.05, 0) is 62.4 Å². The van der Waals surface area contributed by atoms with Crippen molar-refractivity contribution in [3.8, 4) is 0 Å². The van der Waals surface area contributed by atoms with E-state index in [9.17, 15) is 9.59 Å². The lowest BCUT2D eigenvalue weighted by atomic mass is 9.92. The van der Waals surface area contributed by atoms with Gasteiger partial charge in [-0.2, -0.15) is 0 Å². The molecule has 1 aliphatic carbocycles. The van der Waals surface area contributed by atoms with Crippen LogP contribution < -0.4 is 5.32 Å². The van der Waals surface area contributed by atoms with E-state index in [1.807, 2.05) is 18.0 Å². The number of rotatable bonds is 10. The van der Waals surface area contributed by atoms with Gasteiger partial charge in [-0.25, -0.2) is 0 Å². The molecule has 3 atom stereocenters. The summed E-state index contributed by atoms with van der Waals surface area (Å²) in [5.74, 6) is 0.735. The number of hydrogen-bond donors (Lipinski definition) is 1. The van der Waals surface area contributed by atoms with Gasteiger partial charge in [-0.15, -0.1) is 0 Å². The van der Waals surface area contributed by atoms with E-state index in [0.717, 1.165) is 36.1 Å². The van der Waals surface area contributed by atoms with Gasteiger partial charge in [0.1, 0.15) is 6.29 Å². The maximum atomic E-state index is 13.0. The van der Waals surface area contributed by atoms with Crippen LogP contribution in [0.25, 0.3) is 0 Å². The first-order chi connectivity index (χ1) is 14.0. The van der Waals surface area contributed by atoms with Gasteiger partial charge in [0.2, 0.25) is 0 Å². The van der Waals surface area contributed by atoms with E-state index < -0.39 is 0 Å². The predicted octanol–water partition coefficient (Wildman–Crippen LogP) is 3.39. The molecular formula is C24H35N3O2. The smallest absolute Gasteiger partial charge is 0.255 e. The number of benzene rings is 1. The van der Waals surface area contributed by atoms with Crippen molar-refractivity contribution in [3.63, 3.8) is 0 Å². The maximum Gasteiger partial charge on any atom is 0.255 e. The summed E-state index contributed by atoms with van der Waals surface area (Å²) in [5, 5.41) is 3.07. The van der Waals surface area contributed by atoms with Crippen molar-refractivity contribution in [3.05, 3.63) is 47.2 Å². The normalized spacial score (nSPS) is 22.1. The van der Waals surface area contributed by atoms with E-state index >= 15 is 0 Å². The van der Waals surface area contributed by atoms with E-state index in [1.165, 1.54) is 24.8 Å². The monoisotopic (exact) mass is 397 g/mol. The van der Waals surface area contributed by atoms with E-state index in [1.54, 1.807) is 0 Å². The second-order valence-electron chi connectivity index (χ2n) is 8.50. The van der Waals surface area contributed by atoms with Crippen molar-refractivity contribution in [1.82, 2.24) is 15.1 Å². The van der Waals surface area contributed by atoms with Crippen molar-refractivity contribution in [2.24, 2.45) is 5.92 Å². The third kappa shape index (κ3) is 4.55. The first kappa shape index (κ1) is 21.6. The highest BCUT2D eigenvalue weighted by Crippen LogP contribution is 2.34. The van der Waals surface area contributed by atoms with Crippen molar-refractivity contribution in [1.29, 1.82) is 0 Å². The van der Waals surface area contributed by atoms with Crippen LogP contribution in [0.15, 0.2) is 30.5 Å². The summed E-state index contributed by atoms with van der Waals surface area (Å²) in [5.41, 5.74) is 4.01. The van der Waals surface area contributed by atoms with Crippen LogP contribution in [0, 0.1) is 5.92 Å². The largest absolute Gasteiger partial charge is 0.390 e. The Hall–Kier alpha value is -2.14. The molecule has 1 aliphatic heterocycles. The summed E-state index contributed by atoms with van der Waals surface area (Å²) in [6.07, 6.45) is 6.89. The highest BCUT2D eigenvalue weighted by Gasteiger charge is 2.34. The van der Waals surface area contributed by atoms with Crippen LogP contribution >= 0.6 is 0 Å².